The Morgan fingerprint density at radius 2 is 1.70 bits per heavy atom. The Hall–Kier alpha value is -4.70. The molecule has 0 saturated carbocycles. The van der Waals surface area contributed by atoms with Crippen LogP contribution in [0.3, 0.4) is 0 Å². The number of aromatic nitrogens is 2. The predicted molar refractivity (Wildman–Crippen MR) is 253 cm³/mol. The Bertz CT molecular complexity index is 2440. The Kier molecular flexibility index (Phi) is 12.4. The van der Waals surface area contributed by atoms with Gasteiger partial charge in [0, 0.05) is 48.6 Å². The molecule has 0 radical (unpaired) electrons. The number of carbonyl (C=O) groups is 1. The molecule has 0 N–H and O–H groups in total. The van der Waals surface area contributed by atoms with Crippen LogP contribution in [0.5, 0.6) is 11.8 Å². The zero-order valence-electron chi connectivity index (χ0n) is 39.1. The second kappa shape index (κ2) is 17.4. The van der Waals surface area contributed by atoms with Crippen molar-refractivity contribution in [3.05, 3.63) is 66.0 Å². The number of piperazine rings is 1. The highest BCUT2D eigenvalue weighted by molar-refractivity contribution is 6.90. The molecule has 4 fully saturated rings. The van der Waals surface area contributed by atoms with Crippen LogP contribution in [-0.4, -0.2) is 104 Å². The number of ether oxygens (including phenoxy) is 4. The Labute approximate surface area is 374 Å². The van der Waals surface area contributed by atoms with E-state index in [1.165, 1.54) is 5.57 Å². The molecule has 10 nitrogen and oxygen atoms in total. The molecular weight excluding hydrogens is 810 g/mol. The van der Waals surface area contributed by atoms with Gasteiger partial charge in [-0.15, -0.1) is 5.54 Å². The number of methoxy groups -OCH3 is 1. The topological polar surface area (TPSA) is 89.5 Å². The van der Waals surface area contributed by atoms with Gasteiger partial charge in [0.2, 0.25) is 0 Å². The van der Waals surface area contributed by atoms with E-state index in [0.717, 1.165) is 61.5 Å². The predicted octanol–water partition coefficient (Wildman–Crippen LogP) is 10.9. The Balaban J connectivity index is 1.27. The number of hydrogen-bond donors (Lipinski definition) is 0. The van der Waals surface area contributed by atoms with Crippen LogP contribution in [0, 0.1) is 17.3 Å². The summed E-state index contributed by atoms with van der Waals surface area (Å²) >= 11 is 0. The fourth-order valence-electron chi connectivity index (χ4n) is 11.5. The van der Waals surface area contributed by atoms with Crippen LogP contribution >= 0.6 is 0 Å². The molecule has 4 aliphatic rings. The minimum Gasteiger partial charge on any atom is -0.468 e. The summed E-state index contributed by atoms with van der Waals surface area (Å²) in [6.07, 6.45) is 4.35. The molecule has 3 atom stereocenters. The maximum absolute atomic E-state index is 18.0. The van der Waals surface area contributed by atoms with Gasteiger partial charge in [-0.3, -0.25) is 9.80 Å². The number of nitrogens with zero attached hydrogens (tertiary/aromatic N) is 5. The van der Waals surface area contributed by atoms with Gasteiger partial charge in [0.05, 0.1) is 17.6 Å². The molecule has 1 amide bonds. The van der Waals surface area contributed by atoms with Crippen molar-refractivity contribution in [1.29, 1.82) is 0 Å². The van der Waals surface area contributed by atoms with Gasteiger partial charge in [0.1, 0.15) is 37.4 Å². The fraction of sp³-hybridized carbons (Fsp3) is 0.549. The summed E-state index contributed by atoms with van der Waals surface area (Å²) in [7, 11) is -0.522. The van der Waals surface area contributed by atoms with E-state index in [4.69, 9.17) is 28.9 Å². The largest absolute Gasteiger partial charge is 0.468 e. The van der Waals surface area contributed by atoms with Gasteiger partial charge in [-0.05, 0) is 111 Å². The van der Waals surface area contributed by atoms with Crippen molar-refractivity contribution >= 4 is 41.7 Å². The molecule has 63 heavy (non-hydrogen) atoms. The molecule has 4 aliphatic heterocycles. The summed E-state index contributed by atoms with van der Waals surface area (Å²) in [6.45, 7) is 27.2. The van der Waals surface area contributed by atoms with E-state index >= 15 is 4.39 Å². The van der Waals surface area contributed by atoms with Crippen LogP contribution in [0.2, 0.25) is 16.6 Å². The summed E-state index contributed by atoms with van der Waals surface area (Å²) in [5.41, 5.74) is 7.76. The molecule has 0 aliphatic carbocycles. The molecule has 5 heterocycles. The lowest BCUT2D eigenvalue weighted by atomic mass is 9.93. The Morgan fingerprint density at radius 1 is 0.984 bits per heavy atom. The van der Waals surface area contributed by atoms with Gasteiger partial charge in [-0.2, -0.15) is 9.97 Å². The number of carbonyl (C=O) groups excluding carboxylic acids is 1. The number of halogens is 1. The number of amides is 1. The lowest BCUT2D eigenvalue weighted by Crippen LogP contribution is -2.57. The van der Waals surface area contributed by atoms with Crippen LogP contribution in [0.4, 0.5) is 15.0 Å². The summed E-state index contributed by atoms with van der Waals surface area (Å²) in [5.74, 6) is 4.37. The smallest absolute Gasteiger partial charge is 0.410 e. The first kappa shape index (κ1) is 44.9. The van der Waals surface area contributed by atoms with E-state index in [-0.39, 0.29) is 42.0 Å². The van der Waals surface area contributed by atoms with Crippen molar-refractivity contribution in [2.45, 2.75) is 134 Å². The zero-order chi connectivity index (χ0) is 45.0. The van der Waals surface area contributed by atoms with Crippen LogP contribution in [0.15, 0.2) is 54.6 Å². The molecule has 0 spiro atoms. The monoisotopic (exact) mass is 875 g/mol. The van der Waals surface area contributed by atoms with E-state index in [1.54, 1.807) is 7.11 Å². The molecule has 4 saturated heterocycles. The van der Waals surface area contributed by atoms with Crippen molar-refractivity contribution in [2.75, 3.05) is 51.6 Å². The van der Waals surface area contributed by atoms with E-state index in [1.807, 2.05) is 62.1 Å². The van der Waals surface area contributed by atoms with Gasteiger partial charge in [0.15, 0.2) is 12.6 Å². The highest BCUT2D eigenvalue weighted by Crippen LogP contribution is 2.45. The molecule has 12 heteroatoms. The van der Waals surface area contributed by atoms with Crippen molar-refractivity contribution < 1.29 is 28.1 Å². The fourth-order valence-corrected chi connectivity index (χ4v) is 16.7. The third-order valence-corrected chi connectivity index (χ3v) is 20.5. The molecule has 336 valence electrons. The molecule has 1 aromatic heterocycles. The molecular formula is C51H66FN5O5Si. The second-order valence-electron chi connectivity index (χ2n) is 20.4. The first-order valence-corrected chi connectivity index (χ1v) is 25.2. The number of benzene rings is 3. The van der Waals surface area contributed by atoms with Crippen molar-refractivity contribution in [2.24, 2.45) is 0 Å². The van der Waals surface area contributed by atoms with E-state index in [0.29, 0.717) is 64.4 Å². The van der Waals surface area contributed by atoms with Crippen LogP contribution in [0.25, 0.3) is 32.8 Å². The SMILES string of the molecule is C=C1CN2CCCC2(COc2nc(N3C[C@H]4CC[C@@H](C3)N4C(=O)OC(C)(C)C)c3ccc(-c4cc(OCOC)cc5cccc(C#C[Si](C(C)C)(C(C)C)C(C)C)c45)c(F)c3n2)C1. The highest BCUT2D eigenvalue weighted by atomic mass is 28.3. The molecule has 3 aromatic carbocycles. The van der Waals surface area contributed by atoms with Gasteiger partial charge in [-0.25, -0.2) is 9.18 Å². The maximum Gasteiger partial charge on any atom is 0.410 e. The summed E-state index contributed by atoms with van der Waals surface area (Å²) in [6, 6.07) is 13.7. The molecule has 8 rings (SSSR count). The lowest BCUT2D eigenvalue weighted by Gasteiger charge is -2.42. The molecule has 1 unspecified atom stereocenters. The second-order valence-corrected chi connectivity index (χ2v) is 25.9. The van der Waals surface area contributed by atoms with Gasteiger partial charge in [-0.1, -0.05) is 77.8 Å². The maximum atomic E-state index is 18.0. The number of fused-ring (bicyclic) bond motifs is 5. The Morgan fingerprint density at radius 3 is 2.37 bits per heavy atom. The first-order chi connectivity index (χ1) is 29.9. The molecule has 4 aromatic rings. The van der Waals surface area contributed by atoms with Gasteiger partial charge in [0.25, 0.3) is 0 Å². The van der Waals surface area contributed by atoms with Crippen LogP contribution in [-0.2, 0) is 9.47 Å². The van der Waals surface area contributed by atoms with Crippen LogP contribution < -0.4 is 14.4 Å². The average molecular weight is 876 g/mol. The minimum absolute atomic E-state index is 0.0443. The summed E-state index contributed by atoms with van der Waals surface area (Å²) < 4.78 is 41.8. The normalized spacial score (nSPS) is 21.5. The quantitative estimate of drug-likeness (QED) is 0.0632. The average Bonchev–Trinajstić information content (AvgIpc) is 3.84. The van der Waals surface area contributed by atoms with Crippen LogP contribution in [0.1, 0.15) is 100.0 Å². The summed E-state index contributed by atoms with van der Waals surface area (Å²) in [4.78, 5) is 30.0. The zero-order valence-corrected chi connectivity index (χ0v) is 40.1. The number of hydrogen-bond acceptors (Lipinski definition) is 9. The standard InChI is InChI=1S/C51H66FN5O5Si/c1-32(2)63(33(3)4,34(5)6)23-20-36-14-12-15-37-24-40(61-31-59-11)25-43(44(36)37)41-18-19-42-46(45(41)52)53-48(60-30-51-21-13-22-56(51)27-35(7)26-51)54-47(42)55-28-38-16-17-39(29-55)57(38)49(58)62-50(8,9)10/h12,14-15,18-19,24-25,32-34,38-39H,7,13,16-17,21-22,26-31H2,1-6,8-11H3/t38-,39+,51?. The third kappa shape index (κ3) is 8.41. The van der Waals surface area contributed by atoms with Gasteiger partial charge < -0.3 is 23.8 Å². The van der Waals surface area contributed by atoms with Crippen molar-refractivity contribution in [1.82, 2.24) is 19.8 Å². The van der Waals surface area contributed by atoms with E-state index in [9.17, 15) is 4.79 Å². The number of anilines is 1. The van der Waals surface area contributed by atoms with E-state index in [2.05, 4.69) is 75.5 Å². The first-order valence-electron chi connectivity index (χ1n) is 23.0. The third-order valence-electron chi connectivity index (χ3n) is 14.2. The summed E-state index contributed by atoms with van der Waals surface area (Å²) in [5, 5.41) is 2.33. The van der Waals surface area contributed by atoms with E-state index < -0.39 is 19.5 Å². The lowest BCUT2D eigenvalue weighted by molar-refractivity contribution is 0.0122. The van der Waals surface area contributed by atoms with Crippen molar-refractivity contribution in [3.8, 4) is 34.4 Å². The van der Waals surface area contributed by atoms with Gasteiger partial charge >= 0.3 is 12.1 Å². The highest BCUT2D eigenvalue weighted by Gasteiger charge is 2.48. The number of rotatable bonds is 11. The van der Waals surface area contributed by atoms with Crippen molar-refractivity contribution in [3.63, 3.8) is 0 Å². The molecule has 2 bridgehead atoms. The minimum atomic E-state index is -2.11.